The summed E-state index contributed by atoms with van der Waals surface area (Å²) in [5.41, 5.74) is 5.92. The molecule has 5 heteroatoms. The number of hydrogen-bond donors (Lipinski definition) is 0. The van der Waals surface area contributed by atoms with E-state index in [1.807, 2.05) is 18.2 Å². The lowest BCUT2D eigenvalue weighted by Gasteiger charge is -2.33. The summed E-state index contributed by atoms with van der Waals surface area (Å²) in [4.78, 5) is 7.38. The molecule has 0 N–H and O–H groups in total. The van der Waals surface area contributed by atoms with E-state index in [4.69, 9.17) is 9.72 Å². The molecular formula is C32H38FN3O. The molecule has 0 radical (unpaired) electrons. The Bertz CT molecular complexity index is 1240. The molecule has 3 aromatic carbocycles. The number of rotatable bonds is 9. The summed E-state index contributed by atoms with van der Waals surface area (Å²) in [5, 5.41) is 0. The van der Waals surface area contributed by atoms with E-state index in [-0.39, 0.29) is 17.8 Å². The number of benzene rings is 3. The molecule has 1 aromatic heterocycles. The summed E-state index contributed by atoms with van der Waals surface area (Å²) < 4.78 is 22.0. The Morgan fingerprint density at radius 3 is 2.24 bits per heavy atom. The Hall–Kier alpha value is -3.18. The van der Waals surface area contributed by atoms with E-state index in [0.717, 1.165) is 62.4 Å². The first-order chi connectivity index (χ1) is 18.0. The second-order valence-corrected chi connectivity index (χ2v) is 10.6. The summed E-state index contributed by atoms with van der Waals surface area (Å²) in [5.74, 6) is 0.105. The van der Waals surface area contributed by atoms with Crippen LogP contribution in [0.1, 0.15) is 68.2 Å². The minimum absolute atomic E-state index is 0.0956. The van der Waals surface area contributed by atoms with Crippen molar-refractivity contribution in [2.24, 2.45) is 0 Å². The van der Waals surface area contributed by atoms with Crippen LogP contribution < -0.4 is 4.74 Å². The molecule has 1 aliphatic rings. The number of hydrogen-bond acceptors (Lipinski definition) is 3. The third-order valence-electron chi connectivity index (χ3n) is 7.55. The van der Waals surface area contributed by atoms with Crippen LogP contribution in [0.4, 0.5) is 4.39 Å². The van der Waals surface area contributed by atoms with Gasteiger partial charge in [0.1, 0.15) is 5.82 Å². The van der Waals surface area contributed by atoms with Crippen molar-refractivity contribution in [2.75, 3.05) is 19.6 Å². The van der Waals surface area contributed by atoms with Gasteiger partial charge in [0, 0.05) is 25.0 Å². The number of likely N-dealkylation sites (tertiary alicyclic amines) is 1. The van der Waals surface area contributed by atoms with Crippen molar-refractivity contribution in [3.05, 3.63) is 95.3 Å². The van der Waals surface area contributed by atoms with Crippen LogP contribution in [0.2, 0.25) is 0 Å². The van der Waals surface area contributed by atoms with Crippen molar-refractivity contribution in [3.63, 3.8) is 0 Å². The van der Waals surface area contributed by atoms with Gasteiger partial charge in [-0.05, 0) is 88.4 Å². The molecule has 0 saturated carbocycles. The number of para-hydroxylation sites is 2. The van der Waals surface area contributed by atoms with Gasteiger partial charge in [-0.2, -0.15) is 4.98 Å². The van der Waals surface area contributed by atoms with Crippen LogP contribution in [-0.2, 0) is 0 Å². The third-order valence-corrected chi connectivity index (χ3v) is 7.55. The van der Waals surface area contributed by atoms with Gasteiger partial charge in [-0.25, -0.2) is 4.39 Å². The van der Waals surface area contributed by atoms with Crippen LogP contribution in [0.25, 0.3) is 11.0 Å². The minimum Gasteiger partial charge on any atom is -0.462 e. The topological polar surface area (TPSA) is 30.3 Å². The molecule has 4 aromatic rings. The standard InChI is InChI=1S/C32H38FN3O/c1-23(2)37-32-34-30-8-4-5-9-31(30)36(32)28-18-21-35(22-19-28)20-6-7-29(25-12-10-24(3)11-13-25)26-14-16-27(33)17-15-26/h4-5,8-17,23,28-29H,6-7,18-22H2,1-3H3. The van der Waals surface area contributed by atoms with Gasteiger partial charge < -0.3 is 9.64 Å². The van der Waals surface area contributed by atoms with Gasteiger partial charge in [0.15, 0.2) is 0 Å². The lowest BCUT2D eigenvalue weighted by atomic mass is 9.87. The van der Waals surface area contributed by atoms with Gasteiger partial charge >= 0.3 is 0 Å². The molecule has 0 spiro atoms. The first-order valence-electron chi connectivity index (χ1n) is 13.7. The number of aryl methyl sites for hydroxylation is 1. The Balaban J connectivity index is 1.22. The van der Waals surface area contributed by atoms with Crippen molar-refractivity contribution in [3.8, 4) is 6.01 Å². The molecule has 0 aliphatic carbocycles. The van der Waals surface area contributed by atoms with Crippen molar-refractivity contribution in [1.82, 2.24) is 14.5 Å². The Morgan fingerprint density at radius 2 is 1.57 bits per heavy atom. The molecule has 1 fully saturated rings. The monoisotopic (exact) mass is 499 g/mol. The molecule has 1 unspecified atom stereocenters. The van der Waals surface area contributed by atoms with E-state index in [9.17, 15) is 4.39 Å². The van der Waals surface area contributed by atoms with E-state index in [1.54, 1.807) is 12.1 Å². The number of fused-ring (bicyclic) bond motifs is 1. The fraction of sp³-hybridized carbons (Fsp3) is 0.406. The molecule has 1 atom stereocenters. The third kappa shape index (κ3) is 6.04. The molecular weight excluding hydrogens is 461 g/mol. The largest absolute Gasteiger partial charge is 0.462 e. The van der Waals surface area contributed by atoms with Crippen molar-refractivity contribution >= 4 is 11.0 Å². The molecule has 1 aliphatic heterocycles. The van der Waals surface area contributed by atoms with Crippen molar-refractivity contribution in [1.29, 1.82) is 0 Å². The van der Waals surface area contributed by atoms with E-state index >= 15 is 0 Å². The average Bonchev–Trinajstić information content (AvgIpc) is 3.25. The zero-order valence-corrected chi connectivity index (χ0v) is 22.2. The molecule has 37 heavy (non-hydrogen) atoms. The lowest BCUT2D eigenvalue weighted by molar-refractivity contribution is 0.163. The SMILES string of the molecule is Cc1ccc(C(CCCN2CCC(n3c(OC(C)C)nc4ccccc43)CC2)c2ccc(F)cc2)cc1. The zero-order chi connectivity index (χ0) is 25.8. The first-order valence-corrected chi connectivity index (χ1v) is 13.7. The van der Waals surface area contributed by atoms with Crippen LogP contribution in [0, 0.1) is 12.7 Å². The average molecular weight is 500 g/mol. The molecule has 2 heterocycles. The highest BCUT2D eigenvalue weighted by molar-refractivity contribution is 5.76. The predicted molar refractivity (Wildman–Crippen MR) is 149 cm³/mol. The van der Waals surface area contributed by atoms with Gasteiger partial charge in [0.2, 0.25) is 0 Å². The lowest BCUT2D eigenvalue weighted by Crippen LogP contribution is -2.35. The van der Waals surface area contributed by atoms with E-state index < -0.39 is 0 Å². The van der Waals surface area contributed by atoms with Crippen molar-refractivity contribution in [2.45, 2.75) is 64.5 Å². The summed E-state index contributed by atoms with van der Waals surface area (Å²) in [7, 11) is 0. The summed E-state index contributed by atoms with van der Waals surface area (Å²) in [6.45, 7) is 9.46. The number of ether oxygens (including phenoxy) is 1. The maximum atomic E-state index is 13.6. The Kier molecular flexibility index (Phi) is 7.90. The fourth-order valence-electron chi connectivity index (χ4n) is 5.61. The zero-order valence-electron chi connectivity index (χ0n) is 22.2. The number of halogens is 1. The molecule has 0 amide bonds. The first kappa shape index (κ1) is 25.5. The quantitative estimate of drug-likeness (QED) is 0.239. The second-order valence-electron chi connectivity index (χ2n) is 10.6. The predicted octanol–water partition coefficient (Wildman–Crippen LogP) is 7.52. The van der Waals surface area contributed by atoms with Gasteiger partial charge in [-0.15, -0.1) is 0 Å². The highest BCUT2D eigenvalue weighted by Crippen LogP contribution is 2.34. The Labute approximate surface area is 220 Å². The van der Waals surface area contributed by atoms with E-state index in [1.165, 1.54) is 16.7 Å². The smallest absolute Gasteiger partial charge is 0.297 e. The summed E-state index contributed by atoms with van der Waals surface area (Å²) >= 11 is 0. The maximum absolute atomic E-state index is 13.6. The van der Waals surface area contributed by atoms with E-state index in [0.29, 0.717) is 6.04 Å². The highest BCUT2D eigenvalue weighted by atomic mass is 19.1. The van der Waals surface area contributed by atoms with Gasteiger partial charge in [-0.1, -0.05) is 54.1 Å². The van der Waals surface area contributed by atoms with Gasteiger partial charge in [0.05, 0.1) is 17.1 Å². The van der Waals surface area contributed by atoms with Crippen LogP contribution in [-0.4, -0.2) is 40.2 Å². The van der Waals surface area contributed by atoms with Gasteiger partial charge in [-0.3, -0.25) is 4.57 Å². The Morgan fingerprint density at radius 1 is 0.919 bits per heavy atom. The molecule has 4 nitrogen and oxygen atoms in total. The fourth-order valence-corrected chi connectivity index (χ4v) is 5.61. The molecule has 0 bridgehead atoms. The van der Waals surface area contributed by atoms with Crippen LogP contribution in [0.15, 0.2) is 72.8 Å². The van der Waals surface area contributed by atoms with Gasteiger partial charge in [0.25, 0.3) is 6.01 Å². The number of piperidine rings is 1. The maximum Gasteiger partial charge on any atom is 0.297 e. The number of imidazole rings is 1. The molecule has 5 rings (SSSR count). The summed E-state index contributed by atoms with van der Waals surface area (Å²) in [6, 6.07) is 25.3. The molecule has 1 saturated heterocycles. The van der Waals surface area contributed by atoms with Crippen molar-refractivity contribution < 1.29 is 9.13 Å². The highest BCUT2D eigenvalue weighted by Gasteiger charge is 2.26. The number of aromatic nitrogens is 2. The molecule has 194 valence electrons. The van der Waals surface area contributed by atoms with Crippen LogP contribution in [0.5, 0.6) is 6.01 Å². The summed E-state index contributed by atoms with van der Waals surface area (Å²) in [6.07, 6.45) is 4.43. The van der Waals surface area contributed by atoms with E-state index in [2.05, 4.69) is 72.7 Å². The van der Waals surface area contributed by atoms with Crippen LogP contribution in [0.3, 0.4) is 0 Å². The van der Waals surface area contributed by atoms with Crippen LogP contribution >= 0.6 is 0 Å². The second kappa shape index (κ2) is 11.5. The normalized spacial score (nSPS) is 15.9. The number of nitrogens with zero attached hydrogens (tertiary/aromatic N) is 3. The minimum atomic E-state index is -0.179.